The molecule has 1 heterocycles. The van der Waals surface area contributed by atoms with Gasteiger partial charge in [-0.1, -0.05) is 0 Å². The van der Waals surface area contributed by atoms with Crippen LogP contribution in [0.5, 0.6) is 0 Å². The number of nitrogens with zero attached hydrogens (tertiary/aromatic N) is 2. The summed E-state index contributed by atoms with van der Waals surface area (Å²) in [6, 6.07) is 3.71. The van der Waals surface area contributed by atoms with Gasteiger partial charge in [-0.15, -0.1) is 0 Å². The molecule has 2 rings (SSSR count). The van der Waals surface area contributed by atoms with Crippen molar-refractivity contribution in [2.24, 2.45) is 0 Å². The van der Waals surface area contributed by atoms with Crippen molar-refractivity contribution in [3.8, 4) is 0 Å². The molecule has 0 atom stereocenters. The van der Waals surface area contributed by atoms with Crippen molar-refractivity contribution in [2.75, 3.05) is 13.2 Å². The molecule has 0 aliphatic heterocycles. The monoisotopic (exact) mass is 284 g/mol. The second kappa shape index (κ2) is 4.93. The number of aromatic nitrogens is 1. The third kappa shape index (κ3) is 2.59. The predicted octanol–water partition coefficient (Wildman–Crippen LogP) is 1.44. The van der Waals surface area contributed by atoms with Crippen LogP contribution in [0.3, 0.4) is 0 Å². The summed E-state index contributed by atoms with van der Waals surface area (Å²) in [6.45, 7) is 0.415. The van der Waals surface area contributed by atoms with E-state index in [1.165, 1.54) is 0 Å². The number of hydrogen-bond acceptors (Lipinski definition) is 3. The zero-order valence-electron chi connectivity index (χ0n) is 8.77. The molecule has 0 bridgehead atoms. The lowest BCUT2D eigenvalue weighted by Crippen LogP contribution is -2.35. The second-order valence-electron chi connectivity index (χ2n) is 3.82. The first kappa shape index (κ1) is 11.5. The maximum absolute atomic E-state index is 12.1. The van der Waals surface area contributed by atoms with E-state index >= 15 is 0 Å². The van der Waals surface area contributed by atoms with Crippen molar-refractivity contribution in [1.82, 2.24) is 9.88 Å². The highest BCUT2D eigenvalue weighted by Crippen LogP contribution is 2.28. The Morgan fingerprint density at radius 1 is 1.62 bits per heavy atom. The Hall–Kier alpha value is -0.940. The van der Waals surface area contributed by atoms with Crippen molar-refractivity contribution in [2.45, 2.75) is 18.9 Å². The Morgan fingerprint density at radius 3 is 2.94 bits per heavy atom. The molecule has 86 valence electrons. The topological polar surface area (TPSA) is 53.4 Å². The Balaban J connectivity index is 2.15. The molecule has 1 aromatic heterocycles. The van der Waals surface area contributed by atoms with E-state index in [2.05, 4.69) is 20.9 Å². The smallest absolute Gasteiger partial charge is 0.254 e. The van der Waals surface area contributed by atoms with E-state index in [0.717, 1.165) is 12.8 Å². The van der Waals surface area contributed by atoms with E-state index in [9.17, 15) is 4.79 Å². The molecule has 1 saturated carbocycles. The van der Waals surface area contributed by atoms with Crippen LogP contribution in [0.25, 0.3) is 0 Å². The van der Waals surface area contributed by atoms with Gasteiger partial charge in [-0.25, -0.2) is 4.98 Å². The fraction of sp³-hybridized carbons (Fsp3) is 0.455. The Kier molecular flexibility index (Phi) is 3.56. The minimum atomic E-state index is -0.0281. The van der Waals surface area contributed by atoms with Gasteiger partial charge < -0.3 is 10.0 Å². The number of hydrogen-bond donors (Lipinski definition) is 1. The van der Waals surface area contributed by atoms with Crippen LogP contribution in [-0.2, 0) is 0 Å². The van der Waals surface area contributed by atoms with E-state index in [-0.39, 0.29) is 12.5 Å². The van der Waals surface area contributed by atoms with E-state index in [4.69, 9.17) is 5.11 Å². The normalized spacial score (nSPS) is 14.9. The number of rotatable bonds is 4. The third-order valence-electron chi connectivity index (χ3n) is 2.56. The van der Waals surface area contributed by atoms with Crippen molar-refractivity contribution in [1.29, 1.82) is 0 Å². The molecule has 0 radical (unpaired) electrons. The predicted molar refractivity (Wildman–Crippen MR) is 63.1 cm³/mol. The standard InChI is InChI=1S/C11H13BrN2O2/c12-10-7-8(3-4-13-10)11(16)14(5-6-15)9-1-2-9/h3-4,7,9,15H,1-2,5-6H2. The van der Waals surface area contributed by atoms with Crippen LogP contribution in [0, 0.1) is 0 Å². The molecule has 1 amide bonds. The first-order chi connectivity index (χ1) is 7.72. The minimum Gasteiger partial charge on any atom is -0.395 e. The number of aliphatic hydroxyl groups is 1. The summed E-state index contributed by atoms with van der Waals surface area (Å²) in [7, 11) is 0. The largest absolute Gasteiger partial charge is 0.395 e. The lowest BCUT2D eigenvalue weighted by molar-refractivity contribution is 0.0707. The first-order valence-corrected chi connectivity index (χ1v) is 6.05. The summed E-state index contributed by atoms with van der Waals surface area (Å²) in [5, 5.41) is 8.95. The molecule has 16 heavy (non-hydrogen) atoms. The van der Waals surface area contributed by atoms with Crippen LogP contribution >= 0.6 is 15.9 Å². The van der Waals surface area contributed by atoms with E-state index in [1.807, 2.05) is 0 Å². The van der Waals surface area contributed by atoms with E-state index in [1.54, 1.807) is 23.2 Å². The van der Waals surface area contributed by atoms with Gasteiger partial charge in [0, 0.05) is 24.3 Å². The average Bonchev–Trinajstić information content (AvgIpc) is 3.09. The van der Waals surface area contributed by atoms with Crippen molar-refractivity contribution in [3.05, 3.63) is 28.5 Å². The maximum Gasteiger partial charge on any atom is 0.254 e. The van der Waals surface area contributed by atoms with E-state index in [0.29, 0.717) is 22.8 Å². The van der Waals surface area contributed by atoms with Gasteiger partial charge in [0.15, 0.2) is 0 Å². The average molecular weight is 285 g/mol. The number of amides is 1. The van der Waals surface area contributed by atoms with Crippen LogP contribution in [0.1, 0.15) is 23.2 Å². The second-order valence-corrected chi connectivity index (χ2v) is 4.63. The highest BCUT2D eigenvalue weighted by atomic mass is 79.9. The summed E-state index contributed by atoms with van der Waals surface area (Å²) in [4.78, 5) is 17.9. The third-order valence-corrected chi connectivity index (χ3v) is 3.00. The van der Waals surface area contributed by atoms with Crippen molar-refractivity contribution >= 4 is 21.8 Å². The number of pyridine rings is 1. The van der Waals surface area contributed by atoms with Gasteiger partial charge >= 0.3 is 0 Å². The summed E-state index contributed by atoms with van der Waals surface area (Å²) < 4.78 is 0.651. The Labute approximate surface area is 102 Å². The van der Waals surface area contributed by atoms with Crippen molar-refractivity contribution in [3.63, 3.8) is 0 Å². The Bertz CT molecular complexity index is 393. The molecule has 0 spiro atoms. The zero-order chi connectivity index (χ0) is 11.5. The van der Waals surface area contributed by atoms with Gasteiger partial charge in [-0.3, -0.25) is 4.79 Å². The quantitative estimate of drug-likeness (QED) is 0.852. The summed E-state index contributed by atoms with van der Waals surface area (Å²) in [6.07, 6.45) is 3.68. The highest BCUT2D eigenvalue weighted by molar-refractivity contribution is 9.10. The van der Waals surface area contributed by atoms with Gasteiger partial charge in [0.25, 0.3) is 5.91 Å². The molecule has 1 fully saturated rings. The lowest BCUT2D eigenvalue weighted by Gasteiger charge is -2.21. The SMILES string of the molecule is O=C(c1ccnc(Br)c1)N(CCO)C1CC1. The maximum atomic E-state index is 12.1. The molecule has 5 heteroatoms. The number of aliphatic hydroxyl groups excluding tert-OH is 1. The molecule has 1 N–H and O–H groups in total. The molecule has 1 aliphatic rings. The van der Waals surface area contributed by atoms with Crippen molar-refractivity contribution < 1.29 is 9.90 Å². The van der Waals surface area contributed by atoms with Gasteiger partial charge in [-0.2, -0.15) is 0 Å². The van der Waals surface area contributed by atoms with Gasteiger partial charge in [0.05, 0.1) is 6.61 Å². The molecule has 0 saturated heterocycles. The molecule has 1 aliphatic carbocycles. The summed E-state index contributed by atoms with van der Waals surface area (Å²) >= 11 is 3.24. The molecule has 0 aromatic carbocycles. The van der Waals surface area contributed by atoms with Gasteiger partial charge in [0.1, 0.15) is 4.60 Å². The minimum absolute atomic E-state index is 0.00843. The number of carbonyl (C=O) groups excluding carboxylic acids is 1. The zero-order valence-corrected chi connectivity index (χ0v) is 10.4. The Morgan fingerprint density at radius 2 is 2.38 bits per heavy atom. The van der Waals surface area contributed by atoms with Gasteiger partial charge in [-0.05, 0) is 40.9 Å². The van der Waals surface area contributed by atoms with Crippen LogP contribution in [0.15, 0.2) is 22.9 Å². The van der Waals surface area contributed by atoms with E-state index < -0.39 is 0 Å². The van der Waals surface area contributed by atoms with Crippen LogP contribution in [0.4, 0.5) is 0 Å². The fourth-order valence-corrected chi connectivity index (χ4v) is 2.01. The first-order valence-electron chi connectivity index (χ1n) is 5.26. The summed E-state index contributed by atoms with van der Waals surface area (Å²) in [5.41, 5.74) is 0.613. The molecule has 4 nitrogen and oxygen atoms in total. The lowest BCUT2D eigenvalue weighted by atomic mass is 10.2. The molecule has 0 unspecified atom stereocenters. The molecular weight excluding hydrogens is 272 g/mol. The fourth-order valence-electron chi connectivity index (χ4n) is 1.65. The molecule has 1 aromatic rings. The number of halogens is 1. The van der Waals surface area contributed by atoms with Gasteiger partial charge in [0.2, 0.25) is 0 Å². The van der Waals surface area contributed by atoms with Crippen LogP contribution in [0.2, 0.25) is 0 Å². The highest BCUT2D eigenvalue weighted by Gasteiger charge is 2.32. The number of carbonyl (C=O) groups is 1. The van der Waals surface area contributed by atoms with Crippen LogP contribution in [-0.4, -0.2) is 40.1 Å². The van der Waals surface area contributed by atoms with Crippen LogP contribution < -0.4 is 0 Å². The molecular formula is C11H13BrN2O2. The summed E-state index contributed by atoms with van der Waals surface area (Å²) in [5.74, 6) is -0.0281.